The summed E-state index contributed by atoms with van der Waals surface area (Å²) < 4.78 is 5.53. The average Bonchev–Trinajstić information content (AvgIpc) is 2.45. The zero-order valence-corrected chi connectivity index (χ0v) is 12.6. The van der Waals surface area contributed by atoms with Gasteiger partial charge < -0.3 is 15.2 Å². The van der Waals surface area contributed by atoms with Gasteiger partial charge in [-0.3, -0.25) is 4.79 Å². The first-order valence-electron chi connectivity index (χ1n) is 7.21. The molecule has 1 unspecified atom stereocenters. The number of nitrogens with one attached hydrogen (secondary N) is 1. The summed E-state index contributed by atoms with van der Waals surface area (Å²) in [5.41, 5.74) is 0.197. The van der Waals surface area contributed by atoms with Crippen LogP contribution in [0, 0.1) is 0 Å². The van der Waals surface area contributed by atoms with Gasteiger partial charge in [0, 0.05) is 17.7 Å². The predicted octanol–water partition coefficient (Wildman–Crippen LogP) is 2.76. The molecule has 112 valence electrons. The van der Waals surface area contributed by atoms with E-state index in [9.17, 15) is 4.79 Å². The van der Waals surface area contributed by atoms with Crippen LogP contribution in [0.15, 0.2) is 24.3 Å². The summed E-state index contributed by atoms with van der Waals surface area (Å²) >= 11 is 0. The van der Waals surface area contributed by atoms with E-state index in [4.69, 9.17) is 9.84 Å². The van der Waals surface area contributed by atoms with Gasteiger partial charge in [-0.25, -0.2) is 0 Å². The molecule has 0 saturated heterocycles. The fraction of sp³-hybridized carbons (Fsp3) is 0.562. The zero-order chi connectivity index (χ0) is 15.0. The molecule has 0 spiro atoms. The molecule has 0 aliphatic rings. The number of benzene rings is 1. The Morgan fingerprint density at radius 2 is 2.15 bits per heavy atom. The lowest BCUT2D eigenvalue weighted by molar-refractivity contribution is 0.0885. The van der Waals surface area contributed by atoms with Crippen LogP contribution in [0.2, 0.25) is 0 Å². The highest BCUT2D eigenvalue weighted by Gasteiger charge is 2.24. The Labute approximate surface area is 121 Å². The van der Waals surface area contributed by atoms with Gasteiger partial charge in [0.2, 0.25) is 0 Å². The predicted molar refractivity (Wildman–Crippen MR) is 80.1 cm³/mol. The zero-order valence-electron chi connectivity index (χ0n) is 12.6. The van der Waals surface area contributed by atoms with Crippen molar-refractivity contribution < 1.29 is 14.6 Å². The minimum atomic E-state index is -0.383. The van der Waals surface area contributed by atoms with Crippen molar-refractivity contribution in [3.8, 4) is 5.75 Å². The number of aliphatic hydroxyl groups excluding tert-OH is 1. The number of aliphatic hydroxyl groups is 1. The van der Waals surface area contributed by atoms with Crippen molar-refractivity contribution in [1.82, 2.24) is 5.32 Å². The molecule has 2 N–H and O–H groups in total. The standard InChI is InChI=1S/C16H25NO3/c1-4-11-20-14-8-6-7-13(12-14)15(19)17-16(3,5-2)9-10-18/h6-8,12,18H,4-5,9-11H2,1-3H3,(H,17,19). The van der Waals surface area contributed by atoms with E-state index in [0.29, 0.717) is 24.3 Å². The number of amides is 1. The van der Waals surface area contributed by atoms with Gasteiger partial charge in [0.25, 0.3) is 5.91 Å². The maximum Gasteiger partial charge on any atom is 0.251 e. The van der Waals surface area contributed by atoms with Crippen LogP contribution in [0.4, 0.5) is 0 Å². The van der Waals surface area contributed by atoms with Crippen LogP contribution in [0.1, 0.15) is 50.4 Å². The Kier molecular flexibility index (Phi) is 6.52. The van der Waals surface area contributed by atoms with Crippen LogP contribution in [-0.4, -0.2) is 29.8 Å². The van der Waals surface area contributed by atoms with Crippen LogP contribution >= 0.6 is 0 Å². The summed E-state index contributed by atoms with van der Waals surface area (Å²) in [6.45, 7) is 6.68. The molecule has 20 heavy (non-hydrogen) atoms. The summed E-state index contributed by atoms with van der Waals surface area (Å²) in [6.07, 6.45) is 2.24. The normalized spacial score (nSPS) is 13.6. The summed E-state index contributed by atoms with van der Waals surface area (Å²) in [7, 11) is 0. The molecule has 4 nitrogen and oxygen atoms in total. The summed E-state index contributed by atoms with van der Waals surface area (Å²) in [6, 6.07) is 7.18. The molecule has 1 aromatic carbocycles. The Hall–Kier alpha value is -1.55. The first-order chi connectivity index (χ1) is 9.54. The summed E-state index contributed by atoms with van der Waals surface area (Å²) in [4.78, 5) is 12.3. The first-order valence-corrected chi connectivity index (χ1v) is 7.21. The van der Waals surface area contributed by atoms with Crippen molar-refractivity contribution in [1.29, 1.82) is 0 Å². The minimum Gasteiger partial charge on any atom is -0.494 e. The SMILES string of the molecule is CCCOc1cccc(C(=O)NC(C)(CC)CCO)c1. The van der Waals surface area contributed by atoms with Gasteiger partial charge in [-0.05, 0) is 44.4 Å². The maximum absolute atomic E-state index is 12.3. The highest BCUT2D eigenvalue weighted by molar-refractivity contribution is 5.95. The number of rotatable bonds is 8. The lowest BCUT2D eigenvalue weighted by Gasteiger charge is -2.29. The third-order valence-corrected chi connectivity index (χ3v) is 3.43. The second kappa shape index (κ2) is 7.90. The van der Waals surface area contributed by atoms with Crippen molar-refractivity contribution in [2.24, 2.45) is 0 Å². The average molecular weight is 279 g/mol. The monoisotopic (exact) mass is 279 g/mol. The minimum absolute atomic E-state index is 0.0598. The molecule has 1 rings (SSSR count). The van der Waals surface area contributed by atoms with Gasteiger partial charge in [0.05, 0.1) is 6.61 Å². The summed E-state index contributed by atoms with van der Waals surface area (Å²) in [5, 5.41) is 12.1. The Bertz CT molecular complexity index is 433. The molecule has 0 aliphatic carbocycles. The molecule has 1 amide bonds. The van der Waals surface area contributed by atoms with E-state index in [1.165, 1.54) is 0 Å². The molecule has 1 aromatic rings. The lowest BCUT2D eigenvalue weighted by atomic mass is 9.94. The van der Waals surface area contributed by atoms with Crippen LogP contribution in [0.5, 0.6) is 5.75 Å². The number of hydrogen-bond donors (Lipinski definition) is 2. The van der Waals surface area contributed by atoms with Gasteiger partial charge in [-0.1, -0.05) is 19.9 Å². The molecule has 0 heterocycles. The fourth-order valence-electron chi connectivity index (χ4n) is 1.87. The summed E-state index contributed by atoms with van der Waals surface area (Å²) in [5.74, 6) is 0.574. The van der Waals surface area contributed by atoms with E-state index in [1.807, 2.05) is 32.9 Å². The van der Waals surface area contributed by atoms with Crippen LogP contribution in [0.3, 0.4) is 0 Å². The molecule has 0 fully saturated rings. The van der Waals surface area contributed by atoms with Gasteiger partial charge in [0.1, 0.15) is 5.75 Å². The highest BCUT2D eigenvalue weighted by atomic mass is 16.5. The lowest BCUT2D eigenvalue weighted by Crippen LogP contribution is -2.46. The van der Waals surface area contributed by atoms with E-state index in [-0.39, 0.29) is 18.1 Å². The van der Waals surface area contributed by atoms with E-state index in [1.54, 1.807) is 12.1 Å². The molecule has 0 saturated carbocycles. The Balaban J connectivity index is 2.76. The topological polar surface area (TPSA) is 58.6 Å². The van der Waals surface area contributed by atoms with Crippen LogP contribution < -0.4 is 10.1 Å². The van der Waals surface area contributed by atoms with Crippen molar-refractivity contribution in [2.45, 2.75) is 45.6 Å². The second-order valence-corrected chi connectivity index (χ2v) is 5.22. The molecule has 0 aliphatic heterocycles. The van der Waals surface area contributed by atoms with Gasteiger partial charge in [-0.2, -0.15) is 0 Å². The molecule has 1 atom stereocenters. The molecule has 0 aromatic heterocycles. The van der Waals surface area contributed by atoms with Crippen LogP contribution in [-0.2, 0) is 0 Å². The molecule has 4 heteroatoms. The first kappa shape index (κ1) is 16.5. The van der Waals surface area contributed by atoms with Crippen LogP contribution in [0.25, 0.3) is 0 Å². The smallest absolute Gasteiger partial charge is 0.251 e. The molecular weight excluding hydrogens is 254 g/mol. The van der Waals surface area contributed by atoms with E-state index in [2.05, 4.69) is 5.32 Å². The second-order valence-electron chi connectivity index (χ2n) is 5.22. The van der Waals surface area contributed by atoms with Crippen molar-refractivity contribution in [3.63, 3.8) is 0 Å². The molecule has 0 bridgehead atoms. The number of ether oxygens (including phenoxy) is 1. The molecule has 0 radical (unpaired) electrons. The van der Waals surface area contributed by atoms with Crippen molar-refractivity contribution >= 4 is 5.91 Å². The fourth-order valence-corrected chi connectivity index (χ4v) is 1.87. The van der Waals surface area contributed by atoms with Gasteiger partial charge >= 0.3 is 0 Å². The highest BCUT2D eigenvalue weighted by Crippen LogP contribution is 2.17. The number of carbonyl (C=O) groups excluding carboxylic acids is 1. The maximum atomic E-state index is 12.3. The number of hydrogen-bond acceptors (Lipinski definition) is 3. The quantitative estimate of drug-likeness (QED) is 0.769. The Morgan fingerprint density at radius 1 is 1.40 bits per heavy atom. The third kappa shape index (κ3) is 4.85. The van der Waals surface area contributed by atoms with E-state index in [0.717, 1.165) is 12.8 Å². The van der Waals surface area contributed by atoms with Crippen molar-refractivity contribution in [3.05, 3.63) is 29.8 Å². The van der Waals surface area contributed by atoms with Gasteiger partial charge in [-0.15, -0.1) is 0 Å². The third-order valence-electron chi connectivity index (χ3n) is 3.43. The number of carbonyl (C=O) groups is 1. The largest absolute Gasteiger partial charge is 0.494 e. The van der Waals surface area contributed by atoms with Crippen molar-refractivity contribution in [2.75, 3.05) is 13.2 Å². The van der Waals surface area contributed by atoms with E-state index < -0.39 is 0 Å². The van der Waals surface area contributed by atoms with E-state index >= 15 is 0 Å². The Morgan fingerprint density at radius 3 is 2.75 bits per heavy atom. The molecular formula is C16H25NO3. The van der Waals surface area contributed by atoms with Gasteiger partial charge in [0.15, 0.2) is 0 Å².